The number of H-pyrrole nitrogens is 1. The van der Waals surface area contributed by atoms with E-state index in [0.717, 1.165) is 17.4 Å². The standard InChI is InChI=1S/C19H20N4O6S/c1-27-13-6-4-3-5-12(13)21-22-16(19(26)23-7-9-29-10-8-23)18-20-17(25)14(30-18)11-15(24)28-2/h3-6,11H,7-10H2,1-2H3,(H,20,25). The van der Waals surface area contributed by atoms with Crippen molar-refractivity contribution in [1.82, 2.24) is 9.88 Å². The van der Waals surface area contributed by atoms with Crippen LogP contribution in [0.15, 0.2) is 39.3 Å². The second-order valence-corrected chi connectivity index (χ2v) is 7.09. The van der Waals surface area contributed by atoms with Crippen molar-refractivity contribution in [2.24, 2.45) is 10.2 Å². The van der Waals surface area contributed by atoms with Gasteiger partial charge in [0.15, 0.2) is 5.70 Å². The number of methoxy groups -OCH3 is 2. The molecular weight excluding hydrogens is 412 g/mol. The van der Waals surface area contributed by atoms with Gasteiger partial charge in [0.1, 0.15) is 20.6 Å². The highest BCUT2D eigenvalue weighted by molar-refractivity contribution is 7.07. The molecule has 1 aliphatic rings. The van der Waals surface area contributed by atoms with Crippen molar-refractivity contribution >= 4 is 40.7 Å². The molecule has 2 heterocycles. The molecule has 0 unspecified atom stereocenters. The Hall–Kier alpha value is -3.31. The number of benzene rings is 1. The van der Waals surface area contributed by atoms with Crippen molar-refractivity contribution in [3.05, 3.63) is 43.8 Å². The maximum atomic E-state index is 13.1. The molecule has 1 amide bonds. The number of hydrogen-bond acceptors (Lipinski definition) is 9. The summed E-state index contributed by atoms with van der Waals surface area (Å²) in [6, 6.07) is 6.95. The summed E-state index contributed by atoms with van der Waals surface area (Å²) >= 11 is 0.923. The highest BCUT2D eigenvalue weighted by Crippen LogP contribution is 2.27. The summed E-state index contributed by atoms with van der Waals surface area (Å²) in [7, 11) is 2.71. The van der Waals surface area contributed by atoms with Crippen LogP contribution < -0.4 is 19.5 Å². The third-order valence-electron chi connectivity index (χ3n) is 4.17. The number of rotatable bonds is 5. The van der Waals surface area contributed by atoms with Gasteiger partial charge in [0.05, 0.1) is 27.4 Å². The predicted octanol–water partition coefficient (Wildman–Crippen LogP) is 0.149. The zero-order valence-corrected chi connectivity index (χ0v) is 17.2. The molecule has 1 saturated heterocycles. The third-order valence-corrected chi connectivity index (χ3v) is 5.19. The SMILES string of the molecule is COC(=O)C=c1sc(=C(N=Nc2ccccc2OC)C(=O)N2CCOCC2)[nH]c1=O. The molecule has 0 saturated carbocycles. The van der Waals surface area contributed by atoms with Crippen LogP contribution >= 0.6 is 11.3 Å². The van der Waals surface area contributed by atoms with Crippen LogP contribution in [0.1, 0.15) is 0 Å². The summed E-state index contributed by atoms with van der Waals surface area (Å²) in [5.41, 5.74) is -0.151. The van der Waals surface area contributed by atoms with E-state index in [1.807, 2.05) is 0 Å². The summed E-state index contributed by atoms with van der Waals surface area (Å²) in [5, 5.41) is 8.29. The van der Waals surface area contributed by atoms with E-state index < -0.39 is 17.4 Å². The first-order valence-electron chi connectivity index (χ1n) is 8.98. The van der Waals surface area contributed by atoms with Gasteiger partial charge in [-0.25, -0.2) is 4.79 Å². The number of azo groups is 1. The molecule has 30 heavy (non-hydrogen) atoms. The zero-order chi connectivity index (χ0) is 21.5. The minimum absolute atomic E-state index is 0.0468. The van der Waals surface area contributed by atoms with E-state index >= 15 is 0 Å². The van der Waals surface area contributed by atoms with E-state index in [4.69, 9.17) is 9.47 Å². The van der Waals surface area contributed by atoms with E-state index in [0.29, 0.717) is 37.7 Å². The van der Waals surface area contributed by atoms with Crippen LogP contribution in [0.25, 0.3) is 11.8 Å². The number of nitrogens with zero attached hydrogens (tertiary/aromatic N) is 3. The van der Waals surface area contributed by atoms with E-state index in [1.165, 1.54) is 14.2 Å². The summed E-state index contributed by atoms with van der Waals surface area (Å²) in [5.74, 6) is -0.594. The van der Waals surface area contributed by atoms with Gasteiger partial charge < -0.3 is 24.1 Å². The molecule has 158 valence electrons. The van der Waals surface area contributed by atoms with E-state index in [9.17, 15) is 14.4 Å². The van der Waals surface area contributed by atoms with Gasteiger partial charge in [0.25, 0.3) is 11.5 Å². The number of morpholine rings is 1. The van der Waals surface area contributed by atoms with E-state index in [2.05, 4.69) is 19.9 Å². The topological polar surface area (TPSA) is 123 Å². The number of para-hydroxylation sites is 1. The lowest BCUT2D eigenvalue weighted by atomic mass is 10.3. The average Bonchev–Trinajstić information content (AvgIpc) is 3.14. The molecule has 0 radical (unpaired) electrons. The Bertz CT molecular complexity index is 1130. The highest BCUT2D eigenvalue weighted by atomic mass is 32.1. The molecule has 1 aromatic heterocycles. The first-order chi connectivity index (χ1) is 14.5. The second kappa shape index (κ2) is 9.94. The van der Waals surface area contributed by atoms with Crippen LogP contribution in [0.4, 0.5) is 5.69 Å². The minimum Gasteiger partial charge on any atom is -0.494 e. The van der Waals surface area contributed by atoms with Crippen LogP contribution in [0.5, 0.6) is 5.75 Å². The minimum atomic E-state index is -0.675. The summed E-state index contributed by atoms with van der Waals surface area (Å²) in [4.78, 5) is 41.0. The van der Waals surface area contributed by atoms with Crippen molar-refractivity contribution in [2.75, 3.05) is 40.5 Å². The Morgan fingerprint density at radius 2 is 1.97 bits per heavy atom. The van der Waals surface area contributed by atoms with Gasteiger partial charge in [0.2, 0.25) is 0 Å². The van der Waals surface area contributed by atoms with E-state index in [1.54, 1.807) is 29.2 Å². The smallest absolute Gasteiger partial charge is 0.332 e. The summed E-state index contributed by atoms with van der Waals surface area (Å²) in [6.45, 7) is 1.60. The zero-order valence-electron chi connectivity index (χ0n) is 16.4. The number of esters is 1. The summed E-state index contributed by atoms with van der Waals surface area (Å²) in [6.07, 6.45) is 1.06. The normalized spacial score (nSPS) is 15.9. The maximum absolute atomic E-state index is 13.1. The molecule has 0 aliphatic carbocycles. The number of ether oxygens (including phenoxy) is 3. The van der Waals surface area contributed by atoms with Gasteiger partial charge in [-0.15, -0.1) is 21.6 Å². The van der Waals surface area contributed by atoms with Gasteiger partial charge in [-0.3, -0.25) is 9.59 Å². The Kier molecular flexibility index (Phi) is 7.09. The molecule has 1 aliphatic heterocycles. The molecule has 10 nitrogen and oxygen atoms in total. The Labute approximate surface area is 175 Å². The van der Waals surface area contributed by atoms with Crippen molar-refractivity contribution in [3.8, 4) is 5.75 Å². The lowest BCUT2D eigenvalue weighted by Crippen LogP contribution is -2.42. The molecule has 1 aromatic carbocycles. The third kappa shape index (κ3) is 4.99. The molecule has 2 aromatic rings. The van der Waals surface area contributed by atoms with Gasteiger partial charge in [0, 0.05) is 19.2 Å². The Morgan fingerprint density at radius 3 is 2.67 bits per heavy atom. The number of carbonyl (C=O) groups excluding carboxylic acids is 2. The molecule has 11 heteroatoms. The van der Waals surface area contributed by atoms with Gasteiger partial charge in [-0.05, 0) is 12.1 Å². The van der Waals surface area contributed by atoms with Crippen molar-refractivity contribution in [3.63, 3.8) is 0 Å². The quantitative estimate of drug-likeness (QED) is 0.530. The number of carbonyl (C=O) groups is 2. The fourth-order valence-corrected chi connectivity index (χ4v) is 3.52. The predicted molar refractivity (Wildman–Crippen MR) is 109 cm³/mol. The second-order valence-electron chi connectivity index (χ2n) is 6.04. The number of aromatic amines is 1. The number of nitrogens with one attached hydrogen (secondary N) is 1. The lowest BCUT2D eigenvalue weighted by molar-refractivity contribution is -0.133. The molecule has 0 bridgehead atoms. The molecule has 1 fully saturated rings. The fourth-order valence-electron chi connectivity index (χ4n) is 2.63. The Morgan fingerprint density at radius 1 is 1.23 bits per heavy atom. The number of thiazole rings is 1. The van der Waals surface area contributed by atoms with Gasteiger partial charge >= 0.3 is 5.97 Å². The van der Waals surface area contributed by atoms with Crippen molar-refractivity contribution in [2.45, 2.75) is 0 Å². The largest absolute Gasteiger partial charge is 0.494 e. The number of hydrogen-bond donors (Lipinski definition) is 1. The average molecular weight is 432 g/mol. The first-order valence-corrected chi connectivity index (χ1v) is 9.80. The van der Waals surface area contributed by atoms with Crippen LogP contribution in [-0.4, -0.2) is 62.3 Å². The van der Waals surface area contributed by atoms with Crippen molar-refractivity contribution < 1.29 is 23.8 Å². The first kappa shape index (κ1) is 21.4. The molecule has 1 N–H and O–H groups in total. The molecular formula is C19H20N4O6S. The lowest BCUT2D eigenvalue weighted by Gasteiger charge is -2.26. The highest BCUT2D eigenvalue weighted by Gasteiger charge is 2.23. The fraction of sp³-hybridized carbons (Fsp3) is 0.316. The van der Waals surface area contributed by atoms with Crippen LogP contribution in [-0.2, 0) is 19.1 Å². The van der Waals surface area contributed by atoms with Crippen LogP contribution in [0.2, 0.25) is 0 Å². The number of amides is 1. The number of aromatic nitrogens is 1. The molecule has 3 rings (SSSR count). The van der Waals surface area contributed by atoms with Crippen LogP contribution in [0, 0.1) is 0 Å². The monoisotopic (exact) mass is 432 g/mol. The molecule has 0 spiro atoms. The van der Waals surface area contributed by atoms with Crippen LogP contribution in [0.3, 0.4) is 0 Å². The van der Waals surface area contributed by atoms with Gasteiger partial charge in [-0.2, -0.15) is 0 Å². The Balaban J connectivity index is 2.12. The molecule has 0 atom stereocenters. The van der Waals surface area contributed by atoms with Crippen molar-refractivity contribution in [1.29, 1.82) is 0 Å². The van der Waals surface area contributed by atoms with E-state index in [-0.39, 0.29) is 14.9 Å². The summed E-state index contributed by atoms with van der Waals surface area (Å²) < 4.78 is 15.4. The maximum Gasteiger partial charge on any atom is 0.332 e. The van der Waals surface area contributed by atoms with Gasteiger partial charge in [-0.1, -0.05) is 12.1 Å².